The molecule has 0 aliphatic carbocycles. The highest BCUT2D eigenvalue weighted by molar-refractivity contribution is 6.31. The molecule has 0 unspecified atom stereocenters. The molecule has 27 heavy (non-hydrogen) atoms. The molecule has 2 aromatic carbocycles. The highest BCUT2D eigenvalue weighted by atomic mass is 35.5. The summed E-state index contributed by atoms with van der Waals surface area (Å²) in [6.07, 6.45) is -3.45. The topological polar surface area (TPSA) is 49.4 Å². The number of alkyl halides is 3. The Labute approximate surface area is 158 Å². The second-order valence-electron chi connectivity index (χ2n) is 6.19. The van der Waals surface area contributed by atoms with Gasteiger partial charge >= 0.3 is 6.18 Å². The third kappa shape index (κ3) is 4.42. The summed E-state index contributed by atoms with van der Waals surface area (Å²) in [5.41, 5.74) is 0.694. The summed E-state index contributed by atoms with van der Waals surface area (Å²) in [7, 11) is 0. The van der Waals surface area contributed by atoms with E-state index in [-0.39, 0.29) is 5.69 Å². The molecule has 0 spiro atoms. The van der Waals surface area contributed by atoms with Gasteiger partial charge in [-0.05, 0) is 42.7 Å². The van der Waals surface area contributed by atoms with Gasteiger partial charge in [0.15, 0.2) is 0 Å². The number of halogens is 4. The van der Waals surface area contributed by atoms with Crippen molar-refractivity contribution in [1.29, 1.82) is 0 Å². The normalized spacial score (nSPS) is 13.9. The lowest BCUT2D eigenvalue weighted by molar-refractivity contribution is -0.137. The molecule has 2 aromatic rings. The van der Waals surface area contributed by atoms with Gasteiger partial charge in [-0.2, -0.15) is 13.2 Å². The van der Waals surface area contributed by atoms with E-state index in [4.69, 9.17) is 11.6 Å². The van der Waals surface area contributed by atoms with Crippen LogP contribution in [-0.2, 0) is 22.2 Å². The first-order valence-electron chi connectivity index (χ1n) is 8.30. The highest BCUT2D eigenvalue weighted by Crippen LogP contribution is 2.36. The SMILES string of the molecule is O=C(CC(=O)N1CCCc2ccccc21)Nc1ccc(Cl)c(C(F)(F)F)c1. The monoisotopic (exact) mass is 396 g/mol. The average molecular weight is 397 g/mol. The predicted molar refractivity (Wildman–Crippen MR) is 96.8 cm³/mol. The van der Waals surface area contributed by atoms with Crippen molar-refractivity contribution in [3.8, 4) is 0 Å². The third-order valence-electron chi connectivity index (χ3n) is 4.28. The molecular weight excluding hydrogens is 381 g/mol. The van der Waals surface area contributed by atoms with Crippen LogP contribution in [0.4, 0.5) is 24.5 Å². The van der Waals surface area contributed by atoms with Crippen LogP contribution < -0.4 is 10.2 Å². The largest absolute Gasteiger partial charge is 0.417 e. The molecule has 4 nitrogen and oxygen atoms in total. The van der Waals surface area contributed by atoms with Crippen molar-refractivity contribution in [2.24, 2.45) is 0 Å². The van der Waals surface area contributed by atoms with E-state index in [1.165, 1.54) is 6.07 Å². The summed E-state index contributed by atoms with van der Waals surface area (Å²) < 4.78 is 38.7. The molecule has 3 rings (SSSR count). The summed E-state index contributed by atoms with van der Waals surface area (Å²) in [6.45, 7) is 0.502. The fourth-order valence-electron chi connectivity index (χ4n) is 3.05. The summed E-state index contributed by atoms with van der Waals surface area (Å²) in [4.78, 5) is 26.2. The smallest absolute Gasteiger partial charge is 0.326 e. The summed E-state index contributed by atoms with van der Waals surface area (Å²) in [5.74, 6) is -1.08. The Balaban J connectivity index is 1.69. The van der Waals surface area contributed by atoms with Gasteiger partial charge in [-0.15, -0.1) is 0 Å². The Hall–Kier alpha value is -2.54. The fraction of sp³-hybridized carbons (Fsp3) is 0.263. The van der Waals surface area contributed by atoms with E-state index < -0.39 is 35.0 Å². The molecule has 142 valence electrons. The van der Waals surface area contributed by atoms with Crippen molar-refractivity contribution in [2.75, 3.05) is 16.8 Å². The molecule has 1 aliphatic heterocycles. The number of carbonyl (C=O) groups is 2. The molecule has 0 radical (unpaired) electrons. The number of benzene rings is 2. The number of fused-ring (bicyclic) bond motifs is 1. The summed E-state index contributed by atoms with van der Waals surface area (Å²) in [6, 6.07) is 10.5. The zero-order valence-corrected chi connectivity index (χ0v) is 14.9. The van der Waals surface area contributed by atoms with Gasteiger partial charge in [-0.3, -0.25) is 9.59 Å². The van der Waals surface area contributed by atoms with Crippen molar-refractivity contribution in [1.82, 2.24) is 0 Å². The van der Waals surface area contributed by atoms with Gasteiger partial charge in [0, 0.05) is 17.9 Å². The van der Waals surface area contributed by atoms with Gasteiger partial charge in [0.2, 0.25) is 11.8 Å². The number of anilines is 2. The minimum absolute atomic E-state index is 0.0661. The van der Waals surface area contributed by atoms with Crippen molar-refractivity contribution >= 4 is 34.8 Å². The zero-order valence-electron chi connectivity index (χ0n) is 14.1. The number of amides is 2. The van der Waals surface area contributed by atoms with Crippen LogP contribution in [0, 0.1) is 0 Å². The number of aryl methyl sites for hydroxylation is 1. The van der Waals surface area contributed by atoms with Crippen molar-refractivity contribution in [3.63, 3.8) is 0 Å². The van der Waals surface area contributed by atoms with Crippen LogP contribution in [0.5, 0.6) is 0 Å². The number of nitrogens with zero attached hydrogens (tertiary/aromatic N) is 1. The molecule has 0 saturated heterocycles. The molecule has 0 atom stereocenters. The van der Waals surface area contributed by atoms with Crippen LogP contribution in [0.3, 0.4) is 0 Å². The quantitative estimate of drug-likeness (QED) is 0.767. The minimum atomic E-state index is -4.63. The molecule has 1 N–H and O–H groups in total. The van der Waals surface area contributed by atoms with Gasteiger partial charge in [0.1, 0.15) is 6.42 Å². The van der Waals surface area contributed by atoms with Crippen molar-refractivity contribution in [3.05, 3.63) is 58.6 Å². The zero-order chi connectivity index (χ0) is 19.6. The first kappa shape index (κ1) is 19.2. The lowest BCUT2D eigenvalue weighted by Gasteiger charge is -2.29. The van der Waals surface area contributed by atoms with E-state index in [9.17, 15) is 22.8 Å². The number of nitrogens with one attached hydrogen (secondary N) is 1. The maximum atomic E-state index is 12.9. The van der Waals surface area contributed by atoms with Gasteiger partial charge in [0.05, 0.1) is 10.6 Å². The Bertz CT molecular complexity index is 883. The van der Waals surface area contributed by atoms with Gasteiger partial charge in [-0.1, -0.05) is 29.8 Å². The molecule has 2 amide bonds. The van der Waals surface area contributed by atoms with Gasteiger partial charge in [0.25, 0.3) is 0 Å². The molecule has 0 saturated carbocycles. The Morgan fingerprint density at radius 3 is 2.63 bits per heavy atom. The van der Waals surface area contributed by atoms with Gasteiger partial charge in [-0.25, -0.2) is 0 Å². The third-order valence-corrected chi connectivity index (χ3v) is 4.61. The number of hydrogen-bond donors (Lipinski definition) is 1. The second kappa shape index (κ2) is 7.60. The lowest BCUT2D eigenvalue weighted by Crippen LogP contribution is -2.37. The molecule has 1 heterocycles. The molecule has 0 fully saturated rings. The fourth-order valence-corrected chi connectivity index (χ4v) is 3.28. The van der Waals surface area contributed by atoms with E-state index in [0.717, 1.165) is 36.2 Å². The van der Waals surface area contributed by atoms with Crippen molar-refractivity contribution < 1.29 is 22.8 Å². The van der Waals surface area contributed by atoms with Crippen LogP contribution >= 0.6 is 11.6 Å². The van der Waals surface area contributed by atoms with E-state index in [0.29, 0.717) is 6.54 Å². The van der Waals surface area contributed by atoms with Crippen LogP contribution in [0.15, 0.2) is 42.5 Å². The van der Waals surface area contributed by atoms with Crippen LogP contribution in [0.1, 0.15) is 24.0 Å². The molecule has 1 aliphatic rings. The number of carbonyl (C=O) groups excluding carboxylic acids is 2. The molecule has 0 aromatic heterocycles. The van der Waals surface area contributed by atoms with E-state index in [2.05, 4.69) is 5.32 Å². The van der Waals surface area contributed by atoms with Gasteiger partial charge < -0.3 is 10.2 Å². The maximum absolute atomic E-state index is 12.9. The number of para-hydroxylation sites is 1. The first-order valence-corrected chi connectivity index (χ1v) is 8.68. The lowest BCUT2D eigenvalue weighted by atomic mass is 10.0. The van der Waals surface area contributed by atoms with E-state index in [1.807, 2.05) is 24.3 Å². The number of hydrogen-bond acceptors (Lipinski definition) is 2. The average Bonchev–Trinajstić information content (AvgIpc) is 2.61. The second-order valence-corrected chi connectivity index (χ2v) is 6.60. The molecule has 8 heteroatoms. The Kier molecular flexibility index (Phi) is 5.41. The van der Waals surface area contributed by atoms with E-state index in [1.54, 1.807) is 4.90 Å². The highest BCUT2D eigenvalue weighted by Gasteiger charge is 2.33. The summed E-state index contributed by atoms with van der Waals surface area (Å²) in [5, 5.41) is 1.87. The van der Waals surface area contributed by atoms with Crippen LogP contribution in [0.25, 0.3) is 0 Å². The van der Waals surface area contributed by atoms with Crippen LogP contribution in [0.2, 0.25) is 5.02 Å². The minimum Gasteiger partial charge on any atom is -0.326 e. The molecular formula is C19H16ClF3N2O2. The molecule has 0 bridgehead atoms. The number of rotatable bonds is 3. The standard InChI is InChI=1S/C19H16ClF3N2O2/c20-15-8-7-13(10-14(15)19(21,22)23)24-17(26)11-18(27)25-9-3-5-12-4-1-2-6-16(12)25/h1-2,4,6-8,10H,3,5,9,11H2,(H,24,26). The maximum Gasteiger partial charge on any atom is 0.417 e. The van der Waals surface area contributed by atoms with Crippen LogP contribution in [-0.4, -0.2) is 18.4 Å². The first-order chi connectivity index (χ1) is 12.8. The summed E-state index contributed by atoms with van der Waals surface area (Å²) >= 11 is 5.56. The predicted octanol–water partition coefficient (Wildman–Crippen LogP) is 4.67. The Morgan fingerprint density at radius 1 is 1.15 bits per heavy atom. The van der Waals surface area contributed by atoms with E-state index >= 15 is 0 Å². The Morgan fingerprint density at radius 2 is 1.89 bits per heavy atom. The van der Waals surface area contributed by atoms with Crippen molar-refractivity contribution in [2.45, 2.75) is 25.4 Å².